The Kier molecular flexibility index (Phi) is 3.24. The molecule has 0 spiro atoms. The highest BCUT2D eigenvalue weighted by atomic mass is 35.5. The lowest BCUT2D eigenvalue weighted by atomic mass is 10.1. The van der Waals surface area contributed by atoms with E-state index in [0.29, 0.717) is 22.8 Å². The fourth-order valence-corrected chi connectivity index (χ4v) is 2.18. The van der Waals surface area contributed by atoms with Gasteiger partial charge < -0.3 is 15.5 Å². The number of hydrogen-bond acceptors (Lipinski definition) is 4. The fraction of sp³-hybridized carbons (Fsp3) is 0.133. The molecular formula is C15H14ClN3O. The third kappa shape index (κ3) is 2.42. The van der Waals surface area contributed by atoms with E-state index in [4.69, 9.17) is 21.8 Å². The number of nitrogens with two attached hydrogens (primary N) is 1. The minimum absolute atomic E-state index is 0.0570. The molecule has 1 heterocycles. The molecule has 1 atom stereocenters. The van der Waals surface area contributed by atoms with Gasteiger partial charge in [0.25, 0.3) is 6.01 Å². The smallest absolute Gasteiger partial charge is 0.296 e. The Hall–Kier alpha value is -2.20. The molecule has 3 N–H and O–H groups in total. The quantitative estimate of drug-likeness (QED) is 0.707. The monoisotopic (exact) mass is 287 g/mol. The highest BCUT2D eigenvalue weighted by Crippen LogP contribution is 2.26. The fourth-order valence-electron chi connectivity index (χ4n) is 2.05. The molecule has 0 saturated carbocycles. The zero-order valence-corrected chi connectivity index (χ0v) is 11.7. The van der Waals surface area contributed by atoms with Gasteiger partial charge in [-0.05, 0) is 36.8 Å². The van der Waals surface area contributed by atoms with Gasteiger partial charge in [-0.1, -0.05) is 29.8 Å². The number of hydrogen-bond donors (Lipinski definition) is 2. The van der Waals surface area contributed by atoms with Crippen molar-refractivity contribution in [2.45, 2.75) is 13.0 Å². The van der Waals surface area contributed by atoms with E-state index in [2.05, 4.69) is 10.3 Å². The van der Waals surface area contributed by atoms with E-state index in [1.165, 1.54) is 0 Å². The number of rotatable bonds is 3. The van der Waals surface area contributed by atoms with Crippen LogP contribution in [0.15, 0.2) is 46.9 Å². The molecule has 0 saturated heterocycles. The lowest BCUT2D eigenvalue weighted by Crippen LogP contribution is -2.06. The molecular weight excluding hydrogens is 274 g/mol. The van der Waals surface area contributed by atoms with Gasteiger partial charge in [-0.25, -0.2) is 0 Å². The van der Waals surface area contributed by atoms with Crippen LogP contribution in [-0.4, -0.2) is 4.98 Å². The van der Waals surface area contributed by atoms with Gasteiger partial charge in [-0.3, -0.25) is 0 Å². The molecule has 0 aliphatic rings. The Morgan fingerprint density at radius 1 is 1.20 bits per heavy atom. The first kappa shape index (κ1) is 12.8. The van der Waals surface area contributed by atoms with Crippen LogP contribution >= 0.6 is 11.6 Å². The summed E-state index contributed by atoms with van der Waals surface area (Å²) in [6.07, 6.45) is 0. The summed E-state index contributed by atoms with van der Waals surface area (Å²) in [7, 11) is 0. The topological polar surface area (TPSA) is 64.1 Å². The van der Waals surface area contributed by atoms with Crippen molar-refractivity contribution in [1.82, 2.24) is 4.98 Å². The average Bonchev–Trinajstić information content (AvgIpc) is 2.83. The summed E-state index contributed by atoms with van der Waals surface area (Å²) >= 11 is 5.88. The maximum absolute atomic E-state index is 5.88. The summed E-state index contributed by atoms with van der Waals surface area (Å²) in [5, 5.41) is 3.94. The predicted octanol–water partition coefficient (Wildman–Crippen LogP) is 4.24. The summed E-state index contributed by atoms with van der Waals surface area (Å²) in [4.78, 5) is 4.37. The van der Waals surface area contributed by atoms with Crippen LogP contribution in [0.25, 0.3) is 11.1 Å². The normalized spacial score (nSPS) is 12.5. The molecule has 4 nitrogen and oxygen atoms in total. The van der Waals surface area contributed by atoms with Crippen molar-refractivity contribution in [2.75, 3.05) is 11.1 Å². The first-order chi connectivity index (χ1) is 9.63. The number of aromatic nitrogens is 1. The van der Waals surface area contributed by atoms with Crippen LogP contribution < -0.4 is 11.1 Å². The van der Waals surface area contributed by atoms with Gasteiger partial charge in [0.2, 0.25) is 0 Å². The average molecular weight is 288 g/mol. The van der Waals surface area contributed by atoms with Crippen LogP contribution in [0.5, 0.6) is 0 Å². The Bertz CT molecular complexity index is 736. The van der Waals surface area contributed by atoms with Gasteiger partial charge in [0.15, 0.2) is 5.58 Å². The predicted molar refractivity (Wildman–Crippen MR) is 81.9 cm³/mol. The van der Waals surface area contributed by atoms with Gasteiger partial charge in [-0.2, -0.15) is 4.98 Å². The first-order valence-corrected chi connectivity index (χ1v) is 6.68. The molecule has 3 rings (SSSR count). The van der Waals surface area contributed by atoms with Crippen molar-refractivity contribution in [2.24, 2.45) is 0 Å². The molecule has 0 amide bonds. The highest BCUT2D eigenvalue weighted by Gasteiger charge is 2.11. The number of para-hydroxylation sites is 1. The molecule has 20 heavy (non-hydrogen) atoms. The summed E-state index contributed by atoms with van der Waals surface area (Å²) in [5.74, 6) is 0. The van der Waals surface area contributed by atoms with E-state index in [9.17, 15) is 0 Å². The minimum atomic E-state index is 0.0570. The second kappa shape index (κ2) is 5.06. The number of benzene rings is 2. The Balaban J connectivity index is 1.85. The van der Waals surface area contributed by atoms with Gasteiger partial charge in [0.1, 0.15) is 5.52 Å². The first-order valence-electron chi connectivity index (χ1n) is 6.30. The molecule has 0 bridgehead atoms. The van der Waals surface area contributed by atoms with Crippen molar-refractivity contribution in [3.63, 3.8) is 0 Å². The molecule has 0 aliphatic heterocycles. The lowest BCUT2D eigenvalue weighted by molar-refractivity contribution is 0.604. The number of nitrogens with zero attached hydrogens (tertiary/aromatic N) is 1. The van der Waals surface area contributed by atoms with Crippen molar-refractivity contribution in [3.05, 3.63) is 53.1 Å². The molecule has 102 valence electrons. The molecule has 1 unspecified atom stereocenters. The van der Waals surface area contributed by atoms with Crippen LogP contribution in [0.2, 0.25) is 5.02 Å². The number of anilines is 2. The van der Waals surface area contributed by atoms with E-state index < -0.39 is 0 Å². The molecule has 0 aliphatic carbocycles. The number of nitrogens with one attached hydrogen (secondary N) is 1. The molecule has 2 aromatic carbocycles. The largest absolute Gasteiger partial charge is 0.423 e. The number of nitrogen functional groups attached to an aromatic ring is 1. The van der Waals surface area contributed by atoms with E-state index in [0.717, 1.165) is 10.6 Å². The van der Waals surface area contributed by atoms with E-state index >= 15 is 0 Å². The second-order valence-electron chi connectivity index (χ2n) is 4.63. The van der Waals surface area contributed by atoms with Gasteiger partial charge >= 0.3 is 0 Å². The highest BCUT2D eigenvalue weighted by molar-refractivity contribution is 6.30. The van der Waals surface area contributed by atoms with Crippen molar-refractivity contribution >= 4 is 34.4 Å². The standard InChI is InChI=1S/C15H14ClN3O/c1-9(10-5-7-11(16)8-6-10)18-15-19-14-12(17)3-2-4-13(14)20-15/h2-9H,17H2,1H3,(H,18,19). The number of halogens is 1. The molecule has 3 aromatic rings. The minimum Gasteiger partial charge on any atom is -0.423 e. The van der Waals surface area contributed by atoms with Crippen molar-refractivity contribution in [3.8, 4) is 0 Å². The number of oxazole rings is 1. The molecule has 0 fully saturated rings. The molecule has 1 aromatic heterocycles. The summed E-state index contributed by atoms with van der Waals surface area (Å²) in [5.41, 5.74) is 8.93. The third-order valence-corrected chi connectivity index (χ3v) is 3.41. The maximum atomic E-state index is 5.88. The third-order valence-electron chi connectivity index (χ3n) is 3.16. The van der Waals surface area contributed by atoms with Crippen molar-refractivity contribution < 1.29 is 4.42 Å². The second-order valence-corrected chi connectivity index (χ2v) is 5.07. The number of fused-ring (bicyclic) bond motifs is 1. The Morgan fingerprint density at radius 2 is 1.95 bits per heavy atom. The maximum Gasteiger partial charge on any atom is 0.296 e. The van der Waals surface area contributed by atoms with Crippen LogP contribution in [0.4, 0.5) is 11.7 Å². The lowest BCUT2D eigenvalue weighted by Gasteiger charge is -2.12. The zero-order valence-electron chi connectivity index (χ0n) is 10.9. The van der Waals surface area contributed by atoms with Crippen LogP contribution in [0.1, 0.15) is 18.5 Å². The van der Waals surface area contributed by atoms with Crippen molar-refractivity contribution in [1.29, 1.82) is 0 Å². The van der Waals surface area contributed by atoms with E-state index in [1.807, 2.05) is 43.3 Å². The van der Waals surface area contributed by atoms with E-state index in [1.54, 1.807) is 6.07 Å². The Morgan fingerprint density at radius 3 is 2.65 bits per heavy atom. The summed E-state index contributed by atoms with van der Waals surface area (Å²) in [6.45, 7) is 2.03. The zero-order chi connectivity index (χ0) is 14.1. The van der Waals surface area contributed by atoms with Crippen LogP contribution in [0.3, 0.4) is 0 Å². The summed E-state index contributed by atoms with van der Waals surface area (Å²) in [6, 6.07) is 13.7. The molecule has 5 heteroatoms. The Labute approximate surface area is 121 Å². The van der Waals surface area contributed by atoms with Gasteiger partial charge in [0, 0.05) is 5.02 Å². The van der Waals surface area contributed by atoms with Crippen LogP contribution in [0, 0.1) is 0 Å². The summed E-state index contributed by atoms with van der Waals surface area (Å²) < 4.78 is 5.64. The molecule has 0 radical (unpaired) electrons. The van der Waals surface area contributed by atoms with Crippen LogP contribution in [-0.2, 0) is 0 Å². The van der Waals surface area contributed by atoms with Gasteiger partial charge in [0.05, 0.1) is 11.7 Å². The SMILES string of the molecule is CC(Nc1nc2c(N)cccc2o1)c1ccc(Cl)cc1. The van der Waals surface area contributed by atoms with E-state index in [-0.39, 0.29) is 6.04 Å². The van der Waals surface area contributed by atoms with Gasteiger partial charge in [-0.15, -0.1) is 0 Å².